The molecule has 0 spiro atoms. The van der Waals surface area contributed by atoms with Crippen LogP contribution in [0, 0.1) is 23.0 Å². The van der Waals surface area contributed by atoms with Crippen LogP contribution < -0.4 is 10.1 Å². The fourth-order valence-electron chi connectivity index (χ4n) is 1.57. The second-order valence-corrected chi connectivity index (χ2v) is 4.45. The molecule has 1 aromatic carbocycles. The molecule has 0 saturated heterocycles. The molecular formula is C13H20N2O3. The van der Waals surface area contributed by atoms with E-state index in [-0.39, 0.29) is 5.69 Å². The topological polar surface area (TPSA) is 64.4 Å². The van der Waals surface area contributed by atoms with Gasteiger partial charge in [-0.15, -0.1) is 0 Å². The molecule has 0 saturated carbocycles. The van der Waals surface area contributed by atoms with E-state index in [1.54, 1.807) is 6.07 Å². The van der Waals surface area contributed by atoms with E-state index in [0.29, 0.717) is 18.3 Å². The Kier molecular flexibility index (Phi) is 5.58. The Morgan fingerprint density at radius 1 is 1.50 bits per heavy atom. The average Bonchev–Trinajstić information content (AvgIpc) is 2.34. The predicted octanol–water partition coefficient (Wildman–Crippen LogP) is 2.53. The Morgan fingerprint density at radius 3 is 2.83 bits per heavy atom. The maximum Gasteiger partial charge on any atom is 0.311 e. The van der Waals surface area contributed by atoms with E-state index in [1.807, 2.05) is 26.8 Å². The highest BCUT2D eigenvalue weighted by Crippen LogP contribution is 2.27. The summed E-state index contributed by atoms with van der Waals surface area (Å²) >= 11 is 0. The van der Waals surface area contributed by atoms with Crippen LogP contribution in [-0.2, 0) is 0 Å². The Morgan fingerprint density at radius 2 is 2.22 bits per heavy atom. The van der Waals surface area contributed by atoms with Gasteiger partial charge in [-0.1, -0.05) is 19.9 Å². The molecule has 1 aromatic rings. The van der Waals surface area contributed by atoms with Crippen LogP contribution in [0.5, 0.6) is 5.75 Å². The Labute approximate surface area is 107 Å². The van der Waals surface area contributed by atoms with Crippen LogP contribution in [0.25, 0.3) is 0 Å². The number of benzene rings is 1. The van der Waals surface area contributed by atoms with Crippen LogP contribution in [0.4, 0.5) is 5.69 Å². The van der Waals surface area contributed by atoms with Crippen molar-refractivity contribution in [1.29, 1.82) is 0 Å². The summed E-state index contributed by atoms with van der Waals surface area (Å²) < 4.78 is 5.53. The van der Waals surface area contributed by atoms with Gasteiger partial charge in [0.1, 0.15) is 0 Å². The third kappa shape index (κ3) is 4.33. The first kappa shape index (κ1) is 14.4. The molecule has 1 atom stereocenters. The van der Waals surface area contributed by atoms with Crippen LogP contribution in [0.15, 0.2) is 18.2 Å². The highest BCUT2D eigenvalue weighted by Gasteiger charge is 2.15. The third-order valence-electron chi connectivity index (χ3n) is 2.58. The Balaban J connectivity index is 2.64. The van der Waals surface area contributed by atoms with E-state index >= 15 is 0 Å². The fraction of sp³-hybridized carbons (Fsp3) is 0.538. The molecular weight excluding hydrogens is 232 g/mol. The number of nitrogens with zero attached hydrogens (tertiary/aromatic N) is 1. The summed E-state index contributed by atoms with van der Waals surface area (Å²) in [6.07, 6.45) is 0. The number of ether oxygens (including phenoxy) is 1. The standard InChI is InChI=1S/C13H20N2O3/c1-4-14-8-11(3)9-18-13-6-5-10(2)7-12(13)15(16)17/h5-7,11,14H,4,8-9H2,1-3H3. The minimum absolute atomic E-state index is 0.0330. The van der Waals surface area contributed by atoms with Crippen molar-refractivity contribution in [2.75, 3.05) is 19.7 Å². The molecule has 0 bridgehead atoms. The number of hydrogen-bond donors (Lipinski definition) is 1. The summed E-state index contributed by atoms with van der Waals surface area (Å²) in [5, 5.41) is 14.1. The first-order valence-electron chi connectivity index (χ1n) is 6.13. The van der Waals surface area contributed by atoms with Crippen molar-refractivity contribution in [3.63, 3.8) is 0 Å². The van der Waals surface area contributed by atoms with Crippen LogP contribution in [0.2, 0.25) is 0 Å². The van der Waals surface area contributed by atoms with Crippen LogP contribution in [0.3, 0.4) is 0 Å². The molecule has 100 valence electrons. The maximum atomic E-state index is 10.9. The summed E-state index contributed by atoms with van der Waals surface area (Å²) in [5.74, 6) is 0.653. The second kappa shape index (κ2) is 6.96. The number of hydrogen-bond acceptors (Lipinski definition) is 4. The summed E-state index contributed by atoms with van der Waals surface area (Å²) in [7, 11) is 0. The first-order chi connectivity index (χ1) is 8.54. The van der Waals surface area contributed by atoms with Gasteiger partial charge in [-0.2, -0.15) is 0 Å². The molecule has 1 N–H and O–H groups in total. The molecule has 1 unspecified atom stereocenters. The zero-order valence-corrected chi connectivity index (χ0v) is 11.1. The number of nitrogens with one attached hydrogen (secondary N) is 1. The normalized spacial score (nSPS) is 12.2. The van der Waals surface area contributed by atoms with Gasteiger partial charge in [0.2, 0.25) is 0 Å². The van der Waals surface area contributed by atoms with Crippen molar-refractivity contribution in [3.05, 3.63) is 33.9 Å². The molecule has 0 amide bonds. The van der Waals surface area contributed by atoms with Gasteiger partial charge in [-0.25, -0.2) is 0 Å². The van der Waals surface area contributed by atoms with E-state index in [1.165, 1.54) is 6.07 Å². The lowest BCUT2D eigenvalue weighted by Crippen LogP contribution is -2.24. The quantitative estimate of drug-likeness (QED) is 0.598. The van der Waals surface area contributed by atoms with Crippen molar-refractivity contribution < 1.29 is 9.66 Å². The highest BCUT2D eigenvalue weighted by molar-refractivity contribution is 5.48. The molecule has 0 aliphatic rings. The van der Waals surface area contributed by atoms with Gasteiger partial charge in [0.15, 0.2) is 5.75 Å². The van der Waals surface area contributed by atoms with Gasteiger partial charge in [0.25, 0.3) is 0 Å². The zero-order chi connectivity index (χ0) is 13.5. The van der Waals surface area contributed by atoms with Crippen LogP contribution >= 0.6 is 0 Å². The van der Waals surface area contributed by atoms with Gasteiger partial charge in [0, 0.05) is 18.5 Å². The van der Waals surface area contributed by atoms with Gasteiger partial charge in [0.05, 0.1) is 11.5 Å². The molecule has 0 aromatic heterocycles. The molecule has 0 heterocycles. The van der Waals surface area contributed by atoms with Crippen molar-refractivity contribution in [2.24, 2.45) is 5.92 Å². The van der Waals surface area contributed by atoms with Crippen molar-refractivity contribution >= 4 is 5.69 Å². The van der Waals surface area contributed by atoms with E-state index in [0.717, 1.165) is 18.7 Å². The third-order valence-corrected chi connectivity index (χ3v) is 2.58. The molecule has 0 fully saturated rings. The Hall–Kier alpha value is -1.62. The fourth-order valence-corrected chi connectivity index (χ4v) is 1.57. The van der Waals surface area contributed by atoms with E-state index in [4.69, 9.17) is 4.74 Å². The van der Waals surface area contributed by atoms with Gasteiger partial charge in [-0.05, 0) is 25.1 Å². The van der Waals surface area contributed by atoms with Gasteiger partial charge >= 0.3 is 5.69 Å². The van der Waals surface area contributed by atoms with Crippen LogP contribution in [0.1, 0.15) is 19.4 Å². The van der Waals surface area contributed by atoms with Gasteiger partial charge in [-0.3, -0.25) is 10.1 Å². The first-order valence-corrected chi connectivity index (χ1v) is 6.13. The smallest absolute Gasteiger partial charge is 0.311 e. The molecule has 1 rings (SSSR count). The molecule has 5 nitrogen and oxygen atoms in total. The SMILES string of the molecule is CCNCC(C)COc1ccc(C)cc1[N+](=O)[O-]. The monoisotopic (exact) mass is 252 g/mol. The lowest BCUT2D eigenvalue weighted by Gasteiger charge is -2.13. The molecule has 18 heavy (non-hydrogen) atoms. The largest absolute Gasteiger partial charge is 0.486 e. The van der Waals surface area contributed by atoms with Gasteiger partial charge < -0.3 is 10.1 Å². The zero-order valence-electron chi connectivity index (χ0n) is 11.1. The number of nitro benzene ring substituents is 1. The molecule has 5 heteroatoms. The lowest BCUT2D eigenvalue weighted by molar-refractivity contribution is -0.385. The minimum Gasteiger partial charge on any atom is -0.486 e. The maximum absolute atomic E-state index is 10.9. The summed E-state index contributed by atoms with van der Waals surface area (Å²) in [6, 6.07) is 5.01. The van der Waals surface area contributed by atoms with Crippen molar-refractivity contribution in [2.45, 2.75) is 20.8 Å². The van der Waals surface area contributed by atoms with Crippen molar-refractivity contribution in [3.8, 4) is 5.75 Å². The van der Waals surface area contributed by atoms with E-state index < -0.39 is 4.92 Å². The molecule has 0 aliphatic heterocycles. The number of rotatable bonds is 7. The number of nitro groups is 1. The highest BCUT2D eigenvalue weighted by atomic mass is 16.6. The van der Waals surface area contributed by atoms with Crippen molar-refractivity contribution in [1.82, 2.24) is 5.32 Å². The predicted molar refractivity (Wildman–Crippen MR) is 71.0 cm³/mol. The summed E-state index contributed by atoms with van der Waals surface area (Å²) in [4.78, 5) is 10.5. The average molecular weight is 252 g/mol. The number of aryl methyl sites for hydroxylation is 1. The second-order valence-electron chi connectivity index (χ2n) is 4.45. The minimum atomic E-state index is -0.405. The summed E-state index contributed by atoms with van der Waals surface area (Å²) in [5.41, 5.74) is 0.889. The molecule has 0 aliphatic carbocycles. The summed E-state index contributed by atoms with van der Waals surface area (Å²) in [6.45, 7) is 8.13. The van der Waals surface area contributed by atoms with E-state index in [2.05, 4.69) is 5.32 Å². The molecule has 0 radical (unpaired) electrons. The van der Waals surface area contributed by atoms with E-state index in [9.17, 15) is 10.1 Å². The lowest BCUT2D eigenvalue weighted by atomic mass is 10.2. The van der Waals surface area contributed by atoms with Crippen LogP contribution in [-0.4, -0.2) is 24.6 Å². The Bertz CT molecular complexity index is 407.